The fourth-order valence-corrected chi connectivity index (χ4v) is 2.03. The van der Waals surface area contributed by atoms with Crippen LogP contribution in [0.2, 0.25) is 0 Å². The van der Waals surface area contributed by atoms with Crippen molar-refractivity contribution in [2.75, 3.05) is 10.6 Å². The van der Waals surface area contributed by atoms with Gasteiger partial charge in [-0.25, -0.2) is 4.79 Å². The van der Waals surface area contributed by atoms with E-state index in [1.54, 1.807) is 48.5 Å². The molecule has 0 spiro atoms. The van der Waals surface area contributed by atoms with Crippen molar-refractivity contribution < 1.29 is 14.7 Å². The van der Waals surface area contributed by atoms with E-state index in [9.17, 15) is 9.59 Å². The molecule has 0 aliphatic carbocycles. The maximum atomic E-state index is 11.9. The lowest BCUT2D eigenvalue weighted by atomic mass is 10.1. The van der Waals surface area contributed by atoms with Gasteiger partial charge in [0.25, 0.3) is 0 Å². The smallest absolute Gasteiger partial charge is 0.323 e. The van der Waals surface area contributed by atoms with Crippen LogP contribution in [0.1, 0.15) is 17.5 Å². The van der Waals surface area contributed by atoms with Gasteiger partial charge in [-0.3, -0.25) is 10.2 Å². The summed E-state index contributed by atoms with van der Waals surface area (Å²) in [5.41, 5.74) is 8.02. The van der Waals surface area contributed by atoms with Crippen LogP contribution in [0.4, 0.5) is 16.2 Å². The molecule has 0 radical (unpaired) electrons. The first-order valence-corrected chi connectivity index (χ1v) is 7.27. The largest absolute Gasteiger partial charge is 0.481 e. The number of nitrogen functional groups attached to an aromatic ring is 1. The van der Waals surface area contributed by atoms with Crippen LogP contribution >= 0.6 is 0 Å². The minimum atomic E-state index is -0.840. The Morgan fingerprint density at radius 2 is 1.46 bits per heavy atom. The van der Waals surface area contributed by atoms with Crippen LogP contribution in [-0.2, 0) is 11.2 Å². The number of anilines is 2. The Bertz CT molecular complexity index is 739. The second kappa shape index (κ2) is 7.77. The Kier molecular flexibility index (Phi) is 5.51. The van der Waals surface area contributed by atoms with Gasteiger partial charge in [0.2, 0.25) is 0 Å². The highest BCUT2D eigenvalue weighted by atomic mass is 16.4. The molecule has 0 fully saturated rings. The van der Waals surface area contributed by atoms with Crippen molar-refractivity contribution in [1.82, 2.24) is 0 Å². The van der Waals surface area contributed by atoms with E-state index in [-0.39, 0.29) is 12.3 Å². The predicted octanol–water partition coefficient (Wildman–Crippen LogP) is 2.63. The fraction of sp³-hybridized carbons (Fsp3) is 0.118. The highest BCUT2D eigenvalue weighted by Gasteiger charge is 2.04. The van der Waals surface area contributed by atoms with Crippen molar-refractivity contribution in [2.45, 2.75) is 12.8 Å². The molecule has 0 aromatic heterocycles. The Morgan fingerprint density at radius 1 is 0.958 bits per heavy atom. The molecular formula is C17H18N4O3. The molecule has 0 aliphatic heterocycles. The number of benzene rings is 2. The average Bonchev–Trinajstić information content (AvgIpc) is 2.54. The molecule has 124 valence electrons. The maximum Gasteiger partial charge on any atom is 0.323 e. The van der Waals surface area contributed by atoms with Crippen LogP contribution in [0.5, 0.6) is 0 Å². The molecule has 0 unspecified atom stereocenters. The lowest BCUT2D eigenvalue weighted by molar-refractivity contribution is -0.136. The van der Waals surface area contributed by atoms with Crippen molar-refractivity contribution in [1.29, 1.82) is 5.41 Å². The molecule has 2 aromatic rings. The molecule has 0 saturated heterocycles. The van der Waals surface area contributed by atoms with Gasteiger partial charge < -0.3 is 21.5 Å². The molecule has 7 heteroatoms. The minimum absolute atomic E-state index is 0.0333. The first-order valence-electron chi connectivity index (χ1n) is 7.27. The number of rotatable bonds is 6. The minimum Gasteiger partial charge on any atom is -0.481 e. The van der Waals surface area contributed by atoms with Gasteiger partial charge in [0.1, 0.15) is 5.84 Å². The molecule has 0 bridgehead atoms. The molecule has 2 rings (SSSR count). The van der Waals surface area contributed by atoms with E-state index in [2.05, 4.69) is 10.6 Å². The first-order chi connectivity index (χ1) is 11.4. The number of amides is 2. The van der Waals surface area contributed by atoms with E-state index in [1.165, 1.54) is 0 Å². The van der Waals surface area contributed by atoms with Crippen molar-refractivity contribution in [3.63, 3.8) is 0 Å². The number of nitrogens with one attached hydrogen (secondary N) is 3. The van der Waals surface area contributed by atoms with Gasteiger partial charge in [0.15, 0.2) is 0 Å². The normalized spacial score (nSPS) is 10.0. The number of aliphatic carboxylic acids is 1. The summed E-state index contributed by atoms with van der Waals surface area (Å²) in [6.07, 6.45) is 0.522. The summed E-state index contributed by atoms with van der Waals surface area (Å²) in [4.78, 5) is 22.5. The van der Waals surface area contributed by atoms with Gasteiger partial charge in [-0.05, 0) is 48.4 Å². The summed E-state index contributed by atoms with van der Waals surface area (Å²) in [5.74, 6) is -0.874. The SMILES string of the molecule is N=C(N)c1ccc(NC(=O)Nc2ccc(CCC(=O)O)cc2)cc1. The summed E-state index contributed by atoms with van der Waals surface area (Å²) in [5, 5.41) is 21.3. The average molecular weight is 326 g/mol. The summed E-state index contributed by atoms with van der Waals surface area (Å²) in [7, 11) is 0. The summed E-state index contributed by atoms with van der Waals surface area (Å²) in [6.45, 7) is 0. The van der Waals surface area contributed by atoms with E-state index in [4.69, 9.17) is 16.2 Å². The highest BCUT2D eigenvalue weighted by molar-refractivity contribution is 6.00. The van der Waals surface area contributed by atoms with Gasteiger partial charge in [-0.2, -0.15) is 0 Å². The zero-order valence-corrected chi connectivity index (χ0v) is 12.9. The second-order valence-corrected chi connectivity index (χ2v) is 5.16. The Morgan fingerprint density at radius 3 is 1.92 bits per heavy atom. The number of amidine groups is 1. The standard InChI is InChI=1S/C17H18N4O3/c18-16(19)12-4-8-14(9-5-12)21-17(24)20-13-6-1-11(2-7-13)3-10-15(22)23/h1-2,4-9H,3,10H2,(H3,18,19)(H,22,23)(H2,20,21,24). The second-order valence-electron chi connectivity index (χ2n) is 5.16. The van der Waals surface area contributed by atoms with E-state index in [0.29, 0.717) is 23.4 Å². The van der Waals surface area contributed by atoms with Gasteiger partial charge in [-0.15, -0.1) is 0 Å². The number of aryl methyl sites for hydroxylation is 1. The number of hydrogen-bond acceptors (Lipinski definition) is 3. The monoisotopic (exact) mass is 326 g/mol. The number of hydrogen-bond donors (Lipinski definition) is 5. The number of urea groups is 1. The molecule has 6 N–H and O–H groups in total. The molecule has 0 aliphatic rings. The molecule has 24 heavy (non-hydrogen) atoms. The Balaban J connectivity index is 1.89. The van der Waals surface area contributed by atoms with E-state index in [1.807, 2.05) is 0 Å². The third-order valence-electron chi connectivity index (χ3n) is 3.29. The molecule has 0 atom stereocenters. The molecule has 7 nitrogen and oxygen atoms in total. The molecular weight excluding hydrogens is 308 g/mol. The lowest BCUT2D eigenvalue weighted by Gasteiger charge is -2.09. The van der Waals surface area contributed by atoms with Crippen LogP contribution in [-0.4, -0.2) is 22.9 Å². The Hall–Kier alpha value is -3.35. The number of carboxylic acids is 1. The van der Waals surface area contributed by atoms with Crippen molar-refractivity contribution in [2.24, 2.45) is 5.73 Å². The van der Waals surface area contributed by atoms with Crippen LogP contribution in [0, 0.1) is 5.41 Å². The predicted molar refractivity (Wildman–Crippen MR) is 92.5 cm³/mol. The van der Waals surface area contributed by atoms with Crippen LogP contribution < -0.4 is 16.4 Å². The summed E-state index contributed by atoms with van der Waals surface area (Å²) < 4.78 is 0. The van der Waals surface area contributed by atoms with E-state index >= 15 is 0 Å². The molecule has 0 saturated carbocycles. The topological polar surface area (TPSA) is 128 Å². The zero-order chi connectivity index (χ0) is 17.5. The van der Waals surface area contributed by atoms with Crippen LogP contribution in [0.3, 0.4) is 0 Å². The third-order valence-corrected chi connectivity index (χ3v) is 3.29. The van der Waals surface area contributed by atoms with Crippen molar-refractivity contribution in [3.8, 4) is 0 Å². The van der Waals surface area contributed by atoms with Crippen LogP contribution in [0.25, 0.3) is 0 Å². The summed E-state index contributed by atoms with van der Waals surface area (Å²) >= 11 is 0. The maximum absolute atomic E-state index is 11.9. The number of carboxylic acid groups (broad SMARTS) is 1. The molecule has 0 heterocycles. The quantitative estimate of drug-likeness (QED) is 0.413. The van der Waals surface area contributed by atoms with E-state index in [0.717, 1.165) is 5.56 Å². The van der Waals surface area contributed by atoms with Gasteiger partial charge >= 0.3 is 12.0 Å². The first kappa shape index (κ1) is 17.0. The van der Waals surface area contributed by atoms with Crippen LogP contribution in [0.15, 0.2) is 48.5 Å². The lowest BCUT2D eigenvalue weighted by Crippen LogP contribution is -2.19. The summed E-state index contributed by atoms with van der Waals surface area (Å²) in [6, 6.07) is 13.2. The Labute approximate surface area is 139 Å². The molecule has 2 amide bonds. The number of nitrogens with two attached hydrogens (primary N) is 1. The van der Waals surface area contributed by atoms with Gasteiger partial charge in [0.05, 0.1) is 0 Å². The number of carbonyl (C=O) groups is 2. The zero-order valence-electron chi connectivity index (χ0n) is 12.9. The van der Waals surface area contributed by atoms with Crippen molar-refractivity contribution >= 4 is 29.2 Å². The number of carbonyl (C=O) groups excluding carboxylic acids is 1. The van der Waals surface area contributed by atoms with Crippen molar-refractivity contribution in [3.05, 3.63) is 59.7 Å². The highest BCUT2D eigenvalue weighted by Crippen LogP contribution is 2.13. The van der Waals surface area contributed by atoms with Gasteiger partial charge in [0, 0.05) is 23.4 Å². The fourth-order valence-electron chi connectivity index (χ4n) is 2.03. The third kappa shape index (κ3) is 5.13. The van der Waals surface area contributed by atoms with Gasteiger partial charge in [-0.1, -0.05) is 12.1 Å². The van der Waals surface area contributed by atoms with E-state index < -0.39 is 12.0 Å². The molecule has 2 aromatic carbocycles.